The summed E-state index contributed by atoms with van der Waals surface area (Å²) in [6.45, 7) is 11.0. The first-order valence-electron chi connectivity index (χ1n) is 8.67. The van der Waals surface area contributed by atoms with Crippen LogP contribution >= 0.6 is 0 Å². The van der Waals surface area contributed by atoms with Crippen molar-refractivity contribution in [3.05, 3.63) is 35.4 Å². The zero-order valence-electron chi connectivity index (χ0n) is 16.5. The van der Waals surface area contributed by atoms with E-state index in [1.165, 1.54) is 12.1 Å². The lowest BCUT2D eigenvalue weighted by molar-refractivity contribution is -0.399. The van der Waals surface area contributed by atoms with Crippen molar-refractivity contribution in [1.29, 1.82) is 5.41 Å². The quantitative estimate of drug-likeness (QED) is 0.268. The summed E-state index contributed by atoms with van der Waals surface area (Å²) in [4.78, 5) is 40.3. The molecule has 1 unspecified atom stereocenters. The number of nitrogens with one attached hydrogen (secondary N) is 1. The number of benzene rings is 1. The smallest absolute Gasteiger partial charge is 0.406 e. The van der Waals surface area contributed by atoms with Gasteiger partial charge in [0.15, 0.2) is 0 Å². The topological polar surface area (TPSA) is 98.2 Å². The van der Waals surface area contributed by atoms with Crippen molar-refractivity contribution in [2.45, 2.75) is 65.3 Å². The lowest BCUT2D eigenvalue weighted by Gasteiger charge is -2.30. The van der Waals surface area contributed by atoms with E-state index in [4.69, 9.17) is 24.8 Å². The molecule has 2 amide bonds. The van der Waals surface area contributed by atoms with Gasteiger partial charge in [0.1, 0.15) is 11.7 Å². The van der Waals surface area contributed by atoms with E-state index in [2.05, 4.69) is 0 Å². The molecule has 27 heavy (non-hydrogen) atoms. The average molecular weight is 378 g/mol. The number of carbonyl (C=O) groups is 2. The molecule has 1 aromatic carbocycles. The second-order valence-corrected chi connectivity index (χ2v) is 8.00. The molecule has 0 saturated carbocycles. The third kappa shape index (κ3) is 5.51. The summed E-state index contributed by atoms with van der Waals surface area (Å²) in [6, 6.07) is 6.36. The standard InChI is InChI=1S/C19H26N2O6/c1-12(11-19(5,6)27-26-18(2,3)4)24-17(20)25-21-15(22)13-9-7-8-10-14(13)16(21)23/h7-10,12,20H,11H2,1-6H3. The normalized spacial score (nSPS) is 15.6. The lowest BCUT2D eigenvalue weighted by Crippen LogP contribution is -2.37. The maximum absolute atomic E-state index is 12.2. The van der Waals surface area contributed by atoms with Crippen LogP contribution in [0.1, 0.15) is 68.7 Å². The Labute approximate surface area is 158 Å². The Balaban J connectivity index is 1.89. The molecular weight excluding hydrogens is 352 g/mol. The minimum atomic E-state index is -0.678. The maximum Gasteiger partial charge on any atom is 0.406 e. The maximum atomic E-state index is 12.2. The van der Waals surface area contributed by atoms with Gasteiger partial charge in [0.05, 0.1) is 16.7 Å². The fourth-order valence-electron chi connectivity index (χ4n) is 2.54. The van der Waals surface area contributed by atoms with Crippen molar-refractivity contribution in [3.8, 4) is 0 Å². The highest BCUT2D eigenvalue weighted by Crippen LogP contribution is 2.24. The summed E-state index contributed by atoms with van der Waals surface area (Å²) < 4.78 is 5.36. The van der Waals surface area contributed by atoms with E-state index >= 15 is 0 Å². The van der Waals surface area contributed by atoms with E-state index < -0.39 is 35.2 Å². The minimum absolute atomic E-state index is 0.234. The zero-order chi connectivity index (χ0) is 20.4. The van der Waals surface area contributed by atoms with Crippen molar-refractivity contribution < 1.29 is 28.9 Å². The number of nitrogens with zero attached hydrogens (tertiary/aromatic N) is 1. The molecular formula is C19H26N2O6. The number of hydrogen-bond acceptors (Lipinski definition) is 7. The van der Waals surface area contributed by atoms with Gasteiger partial charge >= 0.3 is 6.08 Å². The predicted octanol–water partition coefficient (Wildman–Crippen LogP) is 3.47. The monoisotopic (exact) mass is 378 g/mol. The van der Waals surface area contributed by atoms with E-state index in [0.717, 1.165) is 0 Å². The van der Waals surface area contributed by atoms with Crippen LogP contribution in [0.25, 0.3) is 0 Å². The van der Waals surface area contributed by atoms with Crippen molar-refractivity contribution in [1.82, 2.24) is 5.06 Å². The largest absolute Gasteiger partial charge is 0.446 e. The molecule has 1 aliphatic heterocycles. The van der Waals surface area contributed by atoms with E-state index in [1.807, 2.05) is 34.6 Å². The van der Waals surface area contributed by atoms with E-state index in [9.17, 15) is 9.59 Å². The van der Waals surface area contributed by atoms with Crippen LogP contribution in [0.3, 0.4) is 0 Å². The van der Waals surface area contributed by atoms with Gasteiger partial charge < -0.3 is 9.57 Å². The van der Waals surface area contributed by atoms with Crippen LogP contribution < -0.4 is 0 Å². The van der Waals surface area contributed by atoms with Crippen molar-refractivity contribution in [2.24, 2.45) is 0 Å². The molecule has 0 aromatic heterocycles. The van der Waals surface area contributed by atoms with Gasteiger partial charge in [-0.2, -0.15) is 0 Å². The van der Waals surface area contributed by atoms with Gasteiger partial charge in [-0.25, -0.2) is 15.2 Å². The Morgan fingerprint density at radius 1 is 1.04 bits per heavy atom. The molecule has 0 bridgehead atoms. The zero-order valence-corrected chi connectivity index (χ0v) is 16.5. The third-order valence-corrected chi connectivity index (χ3v) is 3.54. The number of rotatable bonds is 6. The number of amides is 2. The van der Waals surface area contributed by atoms with E-state index in [0.29, 0.717) is 11.5 Å². The summed E-state index contributed by atoms with van der Waals surface area (Å²) in [5, 5.41) is 8.35. The highest BCUT2D eigenvalue weighted by atomic mass is 17.2. The molecule has 0 aliphatic carbocycles. The van der Waals surface area contributed by atoms with Crippen LogP contribution in [-0.4, -0.2) is 40.3 Å². The molecule has 1 atom stereocenters. The minimum Gasteiger partial charge on any atom is -0.446 e. The first-order chi connectivity index (χ1) is 12.4. The summed E-state index contributed by atoms with van der Waals surface area (Å²) in [6.07, 6.45) is -0.743. The first-order valence-corrected chi connectivity index (χ1v) is 8.67. The molecule has 1 aliphatic rings. The first kappa shape index (κ1) is 20.9. The third-order valence-electron chi connectivity index (χ3n) is 3.54. The van der Waals surface area contributed by atoms with Gasteiger partial charge in [0, 0.05) is 6.42 Å². The SMILES string of the molecule is CC(CC(C)(C)OOC(C)(C)C)OC(=N)ON1C(=O)c2ccccc2C1=O. The summed E-state index contributed by atoms with van der Waals surface area (Å²) in [7, 11) is 0. The Kier molecular flexibility index (Phi) is 5.91. The van der Waals surface area contributed by atoms with Crippen molar-refractivity contribution in [3.63, 3.8) is 0 Å². The number of fused-ring (bicyclic) bond motifs is 1. The molecule has 8 heteroatoms. The van der Waals surface area contributed by atoms with E-state index in [-0.39, 0.29) is 11.1 Å². The number of hydroxylamine groups is 2. The predicted molar refractivity (Wildman–Crippen MR) is 96.9 cm³/mol. The molecule has 1 heterocycles. The lowest BCUT2D eigenvalue weighted by atomic mass is 10.0. The van der Waals surface area contributed by atoms with Gasteiger partial charge in [-0.05, 0) is 53.7 Å². The number of ether oxygens (including phenoxy) is 1. The van der Waals surface area contributed by atoms with Crippen LogP contribution in [-0.2, 0) is 19.3 Å². The molecule has 0 spiro atoms. The highest BCUT2D eigenvalue weighted by molar-refractivity contribution is 6.20. The average Bonchev–Trinajstić information content (AvgIpc) is 2.77. The molecule has 0 saturated heterocycles. The summed E-state index contributed by atoms with van der Waals surface area (Å²) in [5.74, 6) is -1.25. The fraction of sp³-hybridized carbons (Fsp3) is 0.526. The van der Waals surface area contributed by atoms with Gasteiger partial charge in [-0.3, -0.25) is 9.59 Å². The molecule has 2 rings (SSSR count). The van der Waals surface area contributed by atoms with Crippen LogP contribution in [0.15, 0.2) is 24.3 Å². The highest BCUT2D eigenvalue weighted by Gasteiger charge is 2.38. The molecule has 1 N–H and O–H groups in total. The van der Waals surface area contributed by atoms with Crippen LogP contribution in [0, 0.1) is 5.41 Å². The molecule has 8 nitrogen and oxygen atoms in total. The summed E-state index contributed by atoms with van der Waals surface area (Å²) >= 11 is 0. The summed E-state index contributed by atoms with van der Waals surface area (Å²) in [5.41, 5.74) is -0.667. The van der Waals surface area contributed by atoms with Crippen LogP contribution in [0.2, 0.25) is 0 Å². The van der Waals surface area contributed by atoms with Gasteiger partial charge in [-0.1, -0.05) is 17.2 Å². The molecule has 0 fully saturated rings. The Morgan fingerprint density at radius 3 is 2.04 bits per heavy atom. The molecule has 148 valence electrons. The van der Waals surface area contributed by atoms with E-state index in [1.54, 1.807) is 19.1 Å². The van der Waals surface area contributed by atoms with Crippen LogP contribution in [0.4, 0.5) is 0 Å². The Hall–Kier alpha value is -2.45. The second kappa shape index (κ2) is 7.66. The second-order valence-electron chi connectivity index (χ2n) is 8.00. The molecule has 0 radical (unpaired) electrons. The Bertz CT molecular complexity index is 703. The van der Waals surface area contributed by atoms with Gasteiger partial charge in [0.2, 0.25) is 0 Å². The Morgan fingerprint density at radius 2 is 1.56 bits per heavy atom. The van der Waals surface area contributed by atoms with Gasteiger partial charge in [-0.15, -0.1) is 0 Å². The van der Waals surface area contributed by atoms with Gasteiger partial charge in [0.25, 0.3) is 11.8 Å². The molecule has 1 aromatic rings. The van der Waals surface area contributed by atoms with Crippen LogP contribution in [0.5, 0.6) is 0 Å². The number of imide groups is 1. The number of carbonyl (C=O) groups excluding carboxylic acids is 2. The van der Waals surface area contributed by atoms with Crippen molar-refractivity contribution >= 4 is 17.9 Å². The fourth-order valence-corrected chi connectivity index (χ4v) is 2.54. The number of hydrogen-bond donors (Lipinski definition) is 1. The van der Waals surface area contributed by atoms with Crippen molar-refractivity contribution in [2.75, 3.05) is 0 Å².